The lowest BCUT2D eigenvalue weighted by atomic mass is 10.2. The normalized spacial score (nSPS) is 10.6. The van der Waals surface area contributed by atoms with Crippen molar-refractivity contribution in [2.75, 3.05) is 24.3 Å². The summed E-state index contributed by atoms with van der Waals surface area (Å²) in [6.45, 7) is 2.46. The molecule has 0 aliphatic carbocycles. The molecule has 0 radical (unpaired) electrons. The molecule has 8 nitrogen and oxygen atoms in total. The van der Waals surface area contributed by atoms with Crippen LogP contribution in [0.4, 0.5) is 11.8 Å². The zero-order valence-electron chi connectivity index (χ0n) is 13.9. The molecule has 0 aliphatic rings. The Morgan fingerprint density at radius 1 is 1.12 bits per heavy atom. The van der Waals surface area contributed by atoms with E-state index in [-0.39, 0.29) is 0 Å². The van der Waals surface area contributed by atoms with Crippen LogP contribution in [0.1, 0.15) is 18.5 Å². The maximum atomic E-state index is 5.20. The van der Waals surface area contributed by atoms with Crippen molar-refractivity contribution in [1.29, 1.82) is 0 Å². The number of rotatable bonds is 6. The molecule has 0 bridgehead atoms. The van der Waals surface area contributed by atoms with E-state index >= 15 is 0 Å². The Morgan fingerprint density at radius 2 is 1.92 bits per heavy atom. The maximum Gasteiger partial charge on any atom is 0.265 e. The first kappa shape index (κ1) is 15.9. The zero-order valence-corrected chi connectivity index (χ0v) is 13.9. The highest BCUT2D eigenvalue weighted by Crippen LogP contribution is 2.18. The Hall–Kier alpha value is -3.03. The standard InChI is InChI=1S/C16H19N7O/c1-4-12-9-13(18-10-14-21-16(22-24-14)23(2)3)20-15(19-12)11-5-7-17-8-6-11/h5-9H,4,10H2,1-3H3,(H,18,19,20). The van der Waals surface area contributed by atoms with Crippen molar-refractivity contribution in [3.8, 4) is 11.4 Å². The molecule has 124 valence electrons. The van der Waals surface area contributed by atoms with Gasteiger partial charge in [-0.15, -0.1) is 0 Å². The van der Waals surface area contributed by atoms with Crippen molar-refractivity contribution in [3.05, 3.63) is 42.2 Å². The average molecular weight is 325 g/mol. The van der Waals surface area contributed by atoms with Gasteiger partial charge in [-0.25, -0.2) is 9.97 Å². The van der Waals surface area contributed by atoms with Gasteiger partial charge in [0.25, 0.3) is 5.95 Å². The largest absolute Gasteiger partial charge is 0.361 e. The van der Waals surface area contributed by atoms with Crippen molar-refractivity contribution >= 4 is 11.8 Å². The van der Waals surface area contributed by atoms with E-state index in [2.05, 4.69) is 37.3 Å². The predicted octanol–water partition coefficient (Wildman–Crippen LogP) is 2.16. The van der Waals surface area contributed by atoms with E-state index in [9.17, 15) is 0 Å². The molecular formula is C16H19N7O. The van der Waals surface area contributed by atoms with Crippen LogP contribution in [-0.4, -0.2) is 39.2 Å². The average Bonchev–Trinajstić information content (AvgIpc) is 3.10. The van der Waals surface area contributed by atoms with Gasteiger partial charge in [0.05, 0.1) is 6.54 Å². The van der Waals surface area contributed by atoms with Gasteiger partial charge in [-0.05, 0) is 23.7 Å². The van der Waals surface area contributed by atoms with Crippen LogP contribution >= 0.6 is 0 Å². The number of hydrogen-bond donors (Lipinski definition) is 1. The third-order valence-corrected chi connectivity index (χ3v) is 3.36. The van der Waals surface area contributed by atoms with Gasteiger partial charge in [-0.1, -0.05) is 6.92 Å². The summed E-state index contributed by atoms with van der Waals surface area (Å²) < 4.78 is 5.20. The smallest absolute Gasteiger partial charge is 0.265 e. The van der Waals surface area contributed by atoms with Gasteiger partial charge < -0.3 is 14.7 Å². The van der Waals surface area contributed by atoms with E-state index in [0.29, 0.717) is 24.2 Å². The van der Waals surface area contributed by atoms with E-state index in [1.165, 1.54) is 0 Å². The van der Waals surface area contributed by atoms with Crippen molar-refractivity contribution in [2.24, 2.45) is 0 Å². The minimum Gasteiger partial charge on any atom is -0.361 e. The minimum absolute atomic E-state index is 0.400. The first-order chi connectivity index (χ1) is 11.7. The third-order valence-electron chi connectivity index (χ3n) is 3.36. The van der Waals surface area contributed by atoms with Gasteiger partial charge in [-0.3, -0.25) is 4.98 Å². The number of aryl methyl sites for hydroxylation is 1. The topological polar surface area (TPSA) is 92.9 Å². The highest BCUT2D eigenvalue weighted by atomic mass is 16.5. The molecule has 0 fully saturated rings. The van der Waals surface area contributed by atoms with E-state index < -0.39 is 0 Å². The first-order valence-electron chi connectivity index (χ1n) is 7.68. The van der Waals surface area contributed by atoms with Crippen molar-refractivity contribution in [3.63, 3.8) is 0 Å². The van der Waals surface area contributed by atoms with Crippen molar-refractivity contribution < 1.29 is 4.52 Å². The monoisotopic (exact) mass is 325 g/mol. The Balaban J connectivity index is 1.79. The van der Waals surface area contributed by atoms with Gasteiger partial charge in [0, 0.05) is 43.8 Å². The summed E-state index contributed by atoms with van der Waals surface area (Å²) in [5, 5.41) is 7.10. The predicted molar refractivity (Wildman–Crippen MR) is 90.6 cm³/mol. The summed E-state index contributed by atoms with van der Waals surface area (Å²) in [5.74, 6) is 2.43. The molecule has 0 atom stereocenters. The fourth-order valence-electron chi connectivity index (χ4n) is 2.06. The van der Waals surface area contributed by atoms with Crippen LogP contribution in [0.2, 0.25) is 0 Å². The van der Waals surface area contributed by atoms with Gasteiger partial charge in [0.1, 0.15) is 5.82 Å². The zero-order chi connectivity index (χ0) is 16.9. The van der Waals surface area contributed by atoms with Crippen LogP contribution in [0.25, 0.3) is 11.4 Å². The van der Waals surface area contributed by atoms with Crippen LogP contribution < -0.4 is 10.2 Å². The quantitative estimate of drug-likeness (QED) is 0.737. The molecule has 3 rings (SSSR count). The van der Waals surface area contributed by atoms with Gasteiger partial charge in [0.15, 0.2) is 5.82 Å². The van der Waals surface area contributed by atoms with Crippen molar-refractivity contribution in [1.82, 2.24) is 25.1 Å². The molecule has 0 aliphatic heterocycles. The molecule has 0 amide bonds. The fraction of sp³-hybridized carbons (Fsp3) is 0.312. The molecule has 0 aromatic carbocycles. The van der Waals surface area contributed by atoms with E-state index in [1.807, 2.05) is 32.3 Å². The first-order valence-corrected chi connectivity index (χ1v) is 7.68. The highest BCUT2D eigenvalue weighted by molar-refractivity contribution is 5.56. The number of pyridine rings is 1. The minimum atomic E-state index is 0.400. The van der Waals surface area contributed by atoms with Gasteiger partial charge in [0.2, 0.25) is 5.89 Å². The second-order valence-electron chi connectivity index (χ2n) is 5.39. The molecule has 24 heavy (non-hydrogen) atoms. The fourth-order valence-corrected chi connectivity index (χ4v) is 2.06. The summed E-state index contributed by atoms with van der Waals surface area (Å²) in [7, 11) is 3.72. The third kappa shape index (κ3) is 3.65. The van der Waals surface area contributed by atoms with Crippen molar-refractivity contribution in [2.45, 2.75) is 19.9 Å². The van der Waals surface area contributed by atoms with Crippen LogP contribution in [-0.2, 0) is 13.0 Å². The number of nitrogens with one attached hydrogen (secondary N) is 1. The summed E-state index contributed by atoms with van der Waals surface area (Å²) >= 11 is 0. The molecule has 3 aromatic rings. The summed E-state index contributed by atoms with van der Waals surface area (Å²) in [6.07, 6.45) is 4.28. The number of aromatic nitrogens is 5. The lowest BCUT2D eigenvalue weighted by molar-refractivity contribution is 0.383. The van der Waals surface area contributed by atoms with E-state index in [1.54, 1.807) is 17.3 Å². The van der Waals surface area contributed by atoms with Crippen LogP contribution in [0.15, 0.2) is 35.1 Å². The van der Waals surface area contributed by atoms with Crippen LogP contribution in [0.5, 0.6) is 0 Å². The molecule has 0 saturated carbocycles. The number of anilines is 2. The Labute approximate surface area is 140 Å². The molecule has 3 heterocycles. The van der Waals surface area contributed by atoms with Gasteiger partial charge >= 0.3 is 0 Å². The summed E-state index contributed by atoms with van der Waals surface area (Å²) in [6, 6.07) is 5.70. The van der Waals surface area contributed by atoms with Crippen LogP contribution in [0.3, 0.4) is 0 Å². The second kappa shape index (κ2) is 7.03. The SMILES string of the molecule is CCc1cc(NCc2nc(N(C)C)no2)nc(-c2ccncc2)n1. The Bertz CT molecular complexity index is 801. The molecule has 3 aromatic heterocycles. The molecular weight excluding hydrogens is 306 g/mol. The molecule has 8 heteroatoms. The maximum absolute atomic E-state index is 5.20. The summed E-state index contributed by atoms with van der Waals surface area (Å²) in [4.78, 5) is 19.2. The second-order valence-corrected chi connectivity index (χ2v) is 5.39. The Morgan fingerprint density at radius 3 is 2.58 bits per heavy atom. The molecule has 1 N–H and O–H groups in total. The summed E-state index contributed by atoms with van der Waals surface area (Å²) in [5.41, 5.74) is 1.88. The molecule has 0 saturated heterocycles. The van der Waals surface area contributed by atoms with E-state index in [0.717, 1.165) is 23.5 Å². The van der Waals surface area contributed by atoms with E-state index in [4.69, 9.17) is 4.52 Å². The number of hydrogen-bond acceptors (Lipinski definition) is 8. The molecule has 0 spiro atoms. The molecule has 0 unspecified atom stereocenters. The Kier molecular flexibility index (Phi) is 4.64. The van der Waals surface area contributed by atoms with Gasteiger partial charge in [-0.2, -0.15) is 4.98 Å². The van der Waals surface area contributed by atoms with Crippen LogP contribution in [0, 0.1) is 0 Å². The highest BCUT2D eigenvalue weighted by Gasteiger charge is 2.10. The number of nitrogens with zero attached hydrogens (tertiary/aromatic N) is 6. The lowest BCUT2D eigenvalue weighted by Crippen LogP contribution is -2.10. The lowest BCUT2D eigenvalue weighted by Gasteiger charge is -2.08.